The normalized spacial score (nSPS) is 23.2. The molecule has 2 unspecified atom stereocenters. The molecule has 9 heteroatoms. The number of nitrogens with zero attached hydrogens (tertiary/aromatic N) is 2. The topological polar surface area (TPSA) is 70.1 Å². The summed E-state index contributed by atoms with van der Waals surface area (Å²) in [5, 5.41) is 9.26. The van der Waals surface area contributed by atoms with Crippen LogP contribution >= 0.6 is 0 Å². The largest absolute Gasteiger partial charge is 0.478 e. The number of amides is 1. The monoisotopic (exact) mass is 502 g/mol. The molecule has 2 heterocycles. The number of carboxylic acids is 1. The minimum Gasteiger partial charge on any atom is -0.478 e. The molecular formula is C27H29F3N2O4. The van der Waals surface area contributed by atoms with Crippen LogP contribution in [0.4, 0.5) is 13.2 Å². The molecule has 1 saturated carbocycles. The zero-order valence-electron chi connectivity index (χ0n) is 19.8. The summed E-state index contributed by atoms with van der Waals surface area (Å²) in [6, 6.07) is 10.9. The van der Waals surface area contributed by atoms with Crippen LogP contribution < -0.4 is 4.74 Å². The van der Waals surface area contributed by atoms with E-state index in [-0.39, 0.29) is 25.1 Å². The Balaban J connectivity index is 1.16. The number of carboxylic acid groups (broad SMARTS) is 1. The molecule has 192 valence electrons. The molecule has 0 radical (unpaired) electrons. The van der Waals surface area contributed by atoms with Gasteiger partial charge in [-0.25, -0.2) is 4.79 Å². The fourth-order valence-electron chi connectivity index (χ4n) is 5.86. The lowest BCUT2D eigenvalue weighted by Crippen LogP contribution is -2.42. The van der Waals surface area contributed by atoms with Crippen LogP contribution in [0.2, 0.25) is 0 Å². The average molecular weight is 503 g/mol. The number of alkyl halides is 3. The van der Waals surface area contributed by atoms with Gasteiger partial charge in [0.05, 0.1) is 17.7 Å². The van der Waals surface area contributed by atoms with E-state index in [0.717, 1.165) is 62.9 Å². The first-order chi connectivity index (χ1) is 17.2. The third kappa shape index (κ3) is 5.07. The van der Waals surface area contributed by atoms with Gasteiger partial charge < -0.3 is 19.6 Å². The number of piperidine rings is 1. The van der Waals surface area contributed by atoms with Gasteiger partial charge in [0, 0.05) is 17.5 Å². The third-order valence-corrected chi connectivity index (χ3v) is 7.84. The molecule has 2 aliphatic heterocycles. The third-order valence-electron chi connectivity index (χ3n) is 7.84. The summed E-state index contributed by atoms with van der Waals surface area (Å²) in [4.78, 5) is 28.4. The molecule has 2 aromatic carbocycles. The molecule has 1 amide bonds. The highest BCUT2D eigenvalue weighted by atomic mass is 19.4. The number of likely N-dealkylation sites (tertiary alicyclic amines) is 1. The number of halogens is 3. The summed E-state index contributed by atoms with van der Waals surface area (Å²) in [6.07, 6.45) is -0.140. The number of fused-ring (bicyclic) bond motifs is 1. The van der Waals surface area contributed by atoms with Crippen LogP contribution in [0.1, 0.15) is 65.1 Å². The van der Waals surface area contributed by atoms with Crippen molar-refractivity contribution < 1.29 is 32.6 Å². The van der Waals surface area contributed by atoms with Crippen LogP contribution in [0, 0.1) is 5.92 Å². The Kier molecular flexibility index (Phi) is 6.68. The maximum Gasteiger partial charge on any atom is 0.416 e. The van der Waals surface area contributed by atoms with Crippen molar-refractivity contribution in [2.24, 2.45) is 5.92 Å². The highest BCUT2D eigenvalue weighted by molar-refractivity contribution is 5.87. The van der Waals surface area contributed by atoms with Crippen LogP contribution in [0.25, 0.3) is 0 Å². The molecule has 3 aliphatic rings. The molecule has 1 aliphatic carbocycles. The fraction of sp³-hybridized carbons (Fsp3) is 0.481. The van der Waals surface area contributed by atoms with E-state index in [1.54, 1.807) is 18.2 Å². The molecule has 5 rings (SSSR count). The van der Waals surface area contributed by atoms with E-state index in [1.165, 1.54) is 11.0 Å². The molecule has 2 aromatic rings. The van der Waals surface area contributed by atoms with Crippen LogP contribution in [-0.4, -0.2) is 52.6 Å². The molecule has 0 spiro atoms. The second-order valence-electron chi connectivity index (χ2n) is 10.0. The molecule has 0 aromatic heterocycles. The molecule has 0 bridgehead atoms. The Hall–Kier alpha value is -3.07. The summed E-state index contributed by atoms with van der Waals surface area (Å²) in [7, 11) is 0. The van der Waals surface area contributed by atoms with Crippen molar-refractivity contribution in [2.45, 2.75) is 56.8 Å². The van der Waals surface area contributed by atoms with Gasteiger partial charge in [-0.1, -0.05) is 12.1 Å². The predicted molar refractivity (Wildman–Crippen MR) is 126 cm³/mol. The van der Waals surface area contributed by atoms with Crippen molar-refractivity contribution in [2.75, 3.05) is 19.8 Å². The Morgan fingerprint density at radius 3 is 2.50 bits per heavy atom. The summed E-state index contributed by atoms with van der Waals surface area (Å²) in [6.45, 7) is 1.97. The maximum atomic E-state index is 13.2. The first-order valence-electron chi connectivity index (χ1n) is 12.4. The Morgan fingerprint density at radius 1 is 1.00 bits per heavy atom. The van der Waals surface area contributed by atoms with Gasteiger partial charge in [-0.2, -0.15) is 13.2 Å². The molecule has 36 heavy (non-hydrogen) atoms. The molecule has 2 fully saturated rings. The number of hydrogen-bond donors (Lipinski definition) is 1. The van der Waals surface area contributed by atoms with Crippen molar-refractivity contribution in [3.05, 3.63) is 64.7 Å². The van der Waals surface area contributed by atoms with Crippen LogP contribution in [0.5, 0.6) is 5.75 Å². The SMILES string of the molecule is O=C(O)c1cccc(C2CCN(C3CCC(C(=O)N4COc5ccc(C(F)(F)F)cc5C4)C3)CC2)c1. The van der Waals surface area contributed by atoms with E-state index < -0.39 is 17.7 Å². The number of aromatic carboxylic acids is 1. The second kappa shape index (κ2) is 9.76. The lowest BCUT2D eigenvalue weighted by molar-refractivity contribution is -0.140. The number of benzene rings is 2. The zero-order chi connectivity index (χ0) is 25.4. The highest BCUT2D eigenvalue weighted by Crippen LogP contribution is 2.38. The Bertz CT molecular complexity index is 1140. The van der Waals surface area contributed by atoms with Gasteiger partial charge in [-0.05, 0) is 87.0 Å². The highest BCUT2D eigenvalue weighted by Gasteiger charge is 2.38. The maximum absolute atomic E-state index is 13.2. The molecule has 6 nitrogen and oxygen atoms in total. The molecular weight excluding hydrogens is 473 g/mol. The minimum absolute atomic E-state index is 0.0547. The van der Waals surface area contributed by atoms with Crippen molar-refractivity contribution >= 4 is 11.9 Å². The summed E-state index contributed by atoms with van der Waals surface area (Å²) in [5.74, 6) is -0.407. The number of rotatable bonds is 4. The van der Waals surface area contributed by atoms with Gasteiger partial charge >= 0.3 is 12.1 Å². The first-order valence-corrected chi connectivity index (χ1v) is 12.4. The van der Waals surface area contributed by atoms with E-state index in [0.29, 0.717) is 28.8 Å². The molecule has 1 N–H and O–H groups in total. The van der Waals surface area contributed by atoms with Crippen molar-refractivity contribution in [3.63, 3.8) is 0 Å². The van der Waals surface area contributed by atoms with Gasteiger partial charge in [-0.3, -0.25) is 4.79 Å². The summed E-state index contributed by atoms with van der Waals surface area (Å²) < 4.78 is 44.9. The van der Waals surface area contributed by atoms with Gasteiger partial charge in [0.25, 0.3) is 0 Å². The lowest BCUT2D eigenvalue weighted by Gasteiger charge is -2.36. The number of carbonyl (C=O) groups is 2. The van der Waals surface area contributed by atoms with Gasteiger partial charge in [0.2, 0.25) is 5.91 Å². The first kappa shape index (κ1) is 24.6. The molecule has 2 atom stereocenters. The van der Waals surface area contributed by atoms with E-state index in [9.17, 15) is 27.9 Å². The Morgan fingerprint density at radius 2 is 1.78 bits per heavy atom. The van der Waals surface area contributed by atoms with Crippen molar-refractivity contribution in [1.29, 1.82) is 0 Å². The van der Waals surface area contributed by atoms with E-state index in [2.05, 4.69) is 4.90 Å². The van der Waals surface area contributed by atoms with Crippen molar-refractivity contribution in [1.82, 2.24) is 9.80 Å². The van der Waals surface area contributed by atoms with Crippen LogP contribution in [-0.2, 0) is 17.5 Å². The van der Waals surface area contributed by atoms with Crippen LogP contribution in [0.15, 0.2) is 42.5 Å². The number of ether oxygens (including phenoxy) is 1. The average Bonchev–Trinajstić information content (AvgIpc) is 3.37. The summed E-state index contributed by atoms with van der Waals surface area (Å²) in [5.41, 5.74) is 1.02. The quantitative estimate of drug-likeness (QED) is 0.628. The van der Waals surface area contributed by atoms with Crippen LogP contribution in [0.3, 0.4) is 0 Å². The van der Waals surface area contributed by atoms with E-state index in [1.807, 2.05) is 6.07 Å². The van der Waals surface area contributed by atoms with E-state index >= 15 is 0 Å². The fourth-order valence-corrected chi connectivity index (χ4v) is 5.86. The number of carbonyl (C=O) groups excluding carboxylic acids is 1. The van der Waals surface area contributed by atoms with Gasteiger partial charge in [0.15, 0.2) is 6.73 Å². The second-order valence-corrected chi connectivity index (χ2v) is 10.0. The summed E-state index contributed by atoms with van der Waals surface area (Å²) >= 11 is 0. The minimum atomic E-state index is -4.44. The standard InChI is InChI=1S/C27H29F3N2O4/c28-27(29,30)22-5-7-24-21(13-22)15-32(16-36-24)25(33)19-4-6-23(14-19)31-10-8-17(9-11-31)18-2-1-3-20(12-18)26(34)35/h1-3,5,7,12-13,17,19,23H,4,6,8-11,14-16H2,(H,34,35). The molecule has 1 saturated heterocycles. The smallest absolute Gasteiger partial charge is 0.416 e. The van der Waals surface area contributed by atoms with Gasteiger partial charge in [0.1, 0.15) is 5.75 Å². The van der Waals surface area contributed by atoms with E-state index in [4.69, 9.17) is 4.74 Å². The van der Waals surface area contributed by atoms with Gasteiger partial charge in [-0.15, -0.1) is 0 Å². The number of hydrogen-bond acceptors (Lipinski definition) is 4. The zero-order valence-corrected chi connectivity index (χ0v) is 19.8. The Labute approximate surface area is 207 Å². The lowest BCUT2D eigenvalue weighted by atomic mass is 9.88. The predicted octanol–water partition coefficient (Wildman–Crippen LogP) is 5.13. The van der Waals surface area contributed by atoms with Crippen molar-refractivity contribution in [3.8, 4) is 5.75 Å².